The monoisotopic (exact) mass is 1110 g/mol. The van der Waals surface area contributed by atoms with Crippen LogP contribution in [0.25, 0.3) is 0 Å². The molecule has 0 fully saturated rings. The molecule has 0 aromatic carbocycles. The molecule has 4 aromatic rings. The number of aromatic nitrogens is 8. The van der Waals surface area contributed by atoms with Gasteiger partial charge in [0.05, 0.1) is 54.4 Å². The van der Waals surface area contributed by atoms with Crippen molar-refractivity contribution < 1.29 is 114 Å². The Morgan fingerprint density at radius 2 is 0.517 bits per heavy atom. The predicted octanol–water partition coefficient (Wildman–Crippen LogP) is 1.49. The molecule has 60 heavy (non-hydrogen) atoms. The Balaban J connectivity index is -0.000000305. The molecule has 28 heteroatoms. The van der Waals surface area contributed by atoms with Gasteiger partial charge in [0.2, 0.25) is 25.3 Å². The third-order valence-electron chi connectivity index (χ3n) is 6.37. The van der Waals surface area contributed by atoms with Crippen LogP contribution in [-0.2, 0) is 134 Å². The molecule has 0 saturated carbocycles. The minimum absolute atomic E-state index is 1.15. The summed E-state index contributed by atoms with van der Waals surface area (Å²) in [7, 11) is 24.2. The van der Waals surface area contributed by atoms with Crippen molar-refractivity contribution in [3.63, 3.8) is 0 Å². The maximum atomic E-state index is 8.90. The van der Waals surface area contributed by atoms with Crippen molar-refractivity contribution in [1.82, 2.24) is 18.3 Å². The average molecular weight is 1110 g/mol. The third-order valence-corrected chi connectivity index (χ3v) is 6.37. The normalized spacial score (nSPS) is 10.7. The summed E-state index contributed by atoms with van der Waals surface area (Å²) in [6, 6.07) is 0. The van der Waals surface area contributed by atoms with Gasteiger partial charge < -0.3 is 0 Å². The molecule has 0 unspecified atom stereocenters. The van der Waals surface area contributed by atoms with Crippen LogP contribution in [0.15, 0.2) is 74.9 Å². The fourth-order valence-corrected chi connectivity index (χ4v) is 3.90. The van der Waals surface area contributed by atoms with Gasteiger partial charge in [-0.25, -0.2) is 36.5 Å². The summed E-state index contributed by atoms with van der Waals surface area (Å²) in [5.41, 5.74) is 0. The number of imidazole rings is 4. The number of hydrogen-bond donors (Lipinski definition) is 0. The van der Waals surface area contributed by atoms with E-state index >= 15 is 0 Å². The Kier molecular flexibility index (Phi) is 39.8. The van der Waals surface area contributed by atoms with Gasteiger partial charge in [0, 0.05) is 0 Å². The summed E-state index contributed by atoms with van der Waals surface area (Å²) in [6.07, 6.45) is 35.3. The molecule has 356 valence electrons. The number of aryl methyl sites for hydroxylation is 8. The summed E-state index contributed by atoms with van der Waals surface area (Å²) >= 11 is -19.6. The molecule has 0 saturated heterocycles. The molecule has 4 aromatic heterocycles. The van der Waals surface area contributed by atoms with Gasteiger partial charge in [-0.2, -0.15) is 0 Å². The first-order chi connectivity index (χ1) is 27.3. The molecule has 0 aliphatic heterocycles. The second kappa shape index (κ2) is 36.8. The number of halogens is 4. The van der Waals surface area contributed by atoms with Crippen molar-refractivity contribution in [1.29, 1.82) is 0 Å². The van der Waals surface area contributed by atoms with Crippen molar-refractivity contribution in [2.24, 2.45) is 28.2 Å². The Bertz CT molecular complexity index is 1760. The first-order valence-corrected chi connectivity index (χ1v) is 30.0. The quantitative estimate of drug-likeness (QED) is 0.144. The van der Waals surface area contributed by atoms with Crippen molar-refractivity contribution in [2.75, 3.05) is 0 Å². The molecule has 20 nitrogen and oxygen atoms in total. The van der Waals surface area contributed by atoms with Gasteiger partial charge in [0.25, 0.3) is 0 Å². The third kappa shape index (κ3) is 68.1. The van der Waals surface area contributed by atoms with E-state index in [0.717, 1.165) is 26.2 Å². The molecule has 0 spiro atoms. The molecule has 0 atom stereocenters. The van der Waals surface area contributed by atoms with Crippen LogP contribution in [-0.4, -0.2) is 18.3 Å². The number of rotatable bonds is 12. The Labute approximate surface area is 378 Å². The topological polar surface area (TPSA) is 264 Å². The van der Waals surface area contributed by atoms with Crippen LogP contribution in [0.5, 0.6) is 0 Å². The standard InChI is InChI=1S/4C8H15N2.4ClH.4Mn.12O/c4*1-3-4-5-10-7-6-9(2)8-10;;;;;;;;;;;;;;;;;;;;/h4*6-8H,3-5H2,1-2H3;4*1H;;;;;;;;;;;;;;;;/q4*+1;;;;;4*+1;;;;;;;;;4*-1/p-4. The molecular weight excluding hydrogens is 1050 g/mol. The van der Waals surface area contributed by atoms with Gasteiger partial charge in [-0.1, -0.05) is 53.4 Å². The summed E-state index contributed by atoms with van der Waals surface area (Å²) in [4.78, 5) is 0. The van der Waals surface area contributed by atoms with Gasteiger partial charge >= 0.3 is 136 Å². The van der Waals surface area contributed by atoms with Crippen LogP contribution in [0.3, 0.4) is 0 Å². The Morgan fingerprint density at radius 1 is 0.383 bits per heavy atom. The first-order valence-electron chi connectivity index (χ1n) is 17.8. The molecule has 0 aliphatic carbocycles. The molecule has 4 heterocycles. The Morgan fingerprint density at radius 3 is 0.600 bits per heavy atom. The fraction of sp³-hybridized carbons (Fsp3) is 0.625. The second-order valence-corrected chi connectivity index (χ2v) is 22.5. The van der Waals surface area contributed by atoms with E-state index in [9.17, 15) is 0 Å². The van der Waals surface area contributed by atoms with E-state index in [1.165, 1.54) is 51.4 Å². The average Bonchev–Trinajstić information content (AvgIpc) is 3.88. The van der Waals surface area contributed by atoms with E-state index in [1.807, 2.05) is 28.2 Å². The molecule has 0 radical (unpaired) electrons. The summed E-state index contributed by atoms with van der Waals surface area (Å²) < 4.78 is 124. The van der Waals surface area contributed by atoms with E-state index in [2.05, 4.69) is 180 Å². The van der Waals surface area contributed by atoms with Gasteiger partial charge in [-0.15, -0.1) is 0 Å². The van der Waals surface area contributed by atoms with E-state index in [0.29, 0.717) is 0 Å². The summed E-state index contributed by atoms with van der Waals surface area (Å²) in [5, 5.41) is 0. The number of nitrogens with zero attached hydrogens (tertiary/aromatic N) is 8. The predicted molar refractivity (Wildman–Crippen MR) is 191 cm³/mol. The summed E-state index contributed by atoms with van der Waals surface area (Å²) in [5.74, 6) is 0. The number of unbranched alkanes of at least 4 members (excludes halogenated alkanes) is 4. The fourth-order valence-electron chi connectivity index (χ4n) is 3.90. The van der Waals surface area contributed by atoms with Crippen molar-refractivity contribution in [3.05, 3.63) is 74.9 Å². The van der Waals surface area contributed by atoms with Crippen LogP contribution >= 0.6 is 40.4 Å². The zero-order valence-corrected chi connectivity index (χ0v) is 42.7. The molecule has 4 rings (SSSR count). The zero-order chi connectivity index (χ0) is 47.6. The second-order valence-electron chi connectivity index (χ2n) is 12.1. The van der Waals surface area contributed by atoms with E-state index < -0.39 is 48.5 Å². The van der Waals surface area contributed by atoms with Crippen LogP contribution in [0.4, 0.5) is 0 Å². The van der Waals surface area contributed by atoms with E-state index in [4.69, 9.17) is 47.4 Å². The van der Waals surface area contributed by atoms with Gasteiger partial charge in [-0.3, -0.25) is 0 Å². The van der Waals surface area contributed by atoms with Gasteiger partial charge in [0.15, 0.2) is 0 Å². The zero-order valence-electron chi connectivity index (χ0n) is 34.9. The molecule has 0 bridgehead atoms. The molecule has 0 aliphatic rings. The van der Waals surface area contributed by atoms with E-state index in [-0.39, 0.29) is 0 Å². The Hall–Kier alpha value is -1.68. The molecule has 0 N–H and O–H groups in total. The van der Waals surface area contributed by atoms with Crippen molar-refractivity contribution >= 4 is 40.4 Å². The van der Waals surface area contributed by atoms with Crippen LogP contribution in [0.1, 0.15) is 79.1 Å². The number of hydrogen-bond acceptors (Lipinski definition) is 12. The SMILES string of the molecule is CCCC[n+]1ccn(C)c1.CCCC[n+]1ccn(C)c1.CCCC[n+]1ccn(C)c1.CCCC[n+]1ccn(C)c1.[O]=[Mn](=[O])([O-])[Cl].[O]=[Mn](=[O])([O-])[Cl].[O]=[Mn](=[O])([O-])[Cl].[O]=[Mn](=[O])([O-])[Cl]. The summed E-state index contributed by atoms with van der Waals surface area (Å²) in [6.45, 7) is 13.4. The van der Waals surface area contributed by atoms with Crippen LogP contribution in [0, 0.1) is 0 Å². The molecule has 0 amide bonds. The van der Waals surface area contributed by atoms with Crippen LogP contribution < -0.4 is 35.0 Å². The van der Waals surface area contributed by atoms with Crippen molar-refractivity contribution in [3.8, 4) is 0 Å². The molecular formula is C32H60Cl4Mn4N8O12. The van der Waals surface area contributed by atoms with Crippen molar-refractivity contribution in [2.45, 2.75) is 105 Å². The van der Waals surface area contributed by atoms with Crippen LogP contribution in [0.2, 0.25) is 0 Å². The minimum atomic E-state index is -4.90. The van der Waals surface area contributed by atoms with Gasteiger partial charge in [0.1, 0.15) is 49.6 Å². The first kappa shape index (κ1) is 64.9. The maximum absolute atomic E-state index is 8.90. The van der Waals surface area contributed by atoms with Gasteiger partial charge in [-0.05, 0) is 25.7 Å². The van der Waals surface area contributed by atoms with E-state index in [1.54, 1.807) is 0 Å².